The van der Waals surface area contributed by atoms with E-state index in [1.54, 1.807) is 0 Å². The van der Waals surface area contributed by atoms with Crippen LogP contribution in [0.5, 0.6) is 0 Å². The van der Waals surface area contributed by atoms with Crippen molar-refractivity contribution >= 4 is 8.24 Å². The van der Waals surface area contributed by atoms with Crippen LogP contribution in [0.15, 0.2) is 0 Å². The summed E-state index contributed by atoms with van der Waals surface area (Å²) >= 11 is 0. The third kappa shape index (κ3) is 1.57. The first kappa shape index (κ1) is 9.82. The minimum atomic E-state index is -1.37. The maximum absolute atomic E-state index is 5.69. The smallest absolute Gasteiger partial charge is 0.210 e. The van der Waals surface area contributed by atoms with Gasteiger partial charge in [-0.05, 0) is 25.2 Å². The van der Waals surface area contributed by atoms with Crippen molar-refractivity contribution in [3.05, 3.63) is 0 Å². The van der Waals surface area contributed by atoms with Crippen molar-refractivity contribution in [2.24, 2.45) is 0 Å². The van der Waals surface area contributed by atoms with Crippen LogP contribution in [0, 0.1) is 12.0 Å². The highest BCUT2D eigenvalue weighted by atomic mass is 28.3. The molecule has 0 amide bonds. The molecule has 0 aromatic rings. The highest BCUT2D eigenvalue weighted by Gasteiger charge is 2.39. The van der Waals surface area contributed by atoms with Gasteiger partial charge in [0.1, 0.15) is 0 Å². The van der Waals surface area contributed by atoms with Gasteiger partial charge in [-0.2, -0.15) is 0 Å². The summed E-state index contributed by atoms with van der Waals surface area (Å²) in [6, 6.07) is 2.68. The molecule has 0 bridgehead atoms. The van der Waals surface area contributed by atoms with E-state index in [1.165, 1.54) is 24.9 Å². The molecule has 1 heterocycles. The lowest BCUT2D eigenvalue weighted by molar-refractivity contribution is 0.470. The number of nitrogens with zero attached hydrogens (tertiary/aromatic N) is 1. The summed E-state index contributed by atoms with van der Waals surface area (Å²) in [6.45, 7) is 6.75. The third-order valence-electron chi connectivity index (χ3n) is 3.07. The zero-order valence-electron chi connectivity index (χ0n) is 8.27. The Hall–Kier alpha value is -0.263. The maximum atomic E-state index is 5.69. The molecule has 0 radical (unpaired) electrons. The summed E-state index contributed by atoms with van der Waals surface area (Å²) in [4.78, 5) is 0. The fourth-order valence-electron chi connectivity index (χ4n) is 2.34. The van der Waals surface area contributed by atoms with E-state index < -0.39 is 8.24 Å². The largest absolute Gasteiger partial charge is 0.314 e. The molecule has 0 unspecified atom stereocenters. The molecule has 1 nitrogen and oxygen atoms in total. The van der Waals surface area contributed by atoms with Crippen LogP contribution in [-0.4, -0.2) is 25.9 Å². The molecule has 0 atom stereocenters. The second kappa shape index (κ2) is 4.11. The van der Waals surface area contributed by atoms with Gasteiger partial charge in [0.15, 0.2) is 0 Å². The molecule has 2 heteroatoms. The second-order valence-electron chi connectivity index (χ2n) is 3.56. The van der Waals surface area contributed by atoms with Gasteiger partial charge >= 0.3 is 0 Å². The quantitative estimate of drug-likeness (QED) is 0.477. The number of hydrogen-bond acceptors (Lipinski definition) is 1. The number of rotatable bonds is 3. The Balaban J connectivity index is 2.71. The summed E-state index contributed by atoms with van der Waals surface area (Å²) in [5, 5.41) is 0. The Kier molecular flexibility index (Phi) is 3.36. The first-order valence-corrected chi connectivity index (χ1v) is 7.38. The molecule has 0 aromatic heterocycles. The Bertz CT molecular complexity index is 173. The van der Waals surface area contributed by atoms with Crippen molar-refractivity contribution in [2.45, 2.75) is 38.8 Å². The molecule has 1 fully saturated rings. The topological polar surface area (TPSA) is 3.24 Å². The van der Waals surface area contributed by atoms with Crippen LogP contribution in [-0.2, 0) is 0 Å². The van der Waals surface area contributed by atoms with E-state index in [-0.39, 0.29) is 0 Å². The lowest BCUT2D eigenvalue weighted by Crippen LogP contribution is -2.50. The third-order valence-corrected chi connectivity index (χ3v) is 7.81. The van der Waals surface area contributed by atoms with E-state index in [0.29, 0.717) is 0 Å². The Morgan fingerprint density at radius 1 is 1.25 bits per heavy atom. The molecule has 0 aliphatic carbocycles. The minimum absolute atomic E-state index is 1.15. The van der Waals surface area contributed by atoms with E-state index >= 15 is 0 Å². The average molecular weight is 181 g/mol. The number of terminal acetylenes is 1. The van der Waals surface area contributed by atoms with Gasteiger partial charge in [-0.3, -0.25) is 0 Å². The normalized spacial score (nSPS) is 21.2. The average Bonchev–Trinajstić information content (AvgIpc) is 2.56. The first-order valence-electron chi connectivity index (χ1n) is 5.02. The summed E-state index contributed by atoms with van der Waals surface area (Å²) < 4.78 is 2.57. The predicted molar refractivity (Wildman–Crippen MR) is 56.4 cm³/mol. The molecule has 1 aliphatic rings. The molecular weight excluding hydrogens is 162 g/mol. The molecule has 68 valence electrons. The van der Waals surface area contributed by atoms with Crippen LogP contribution in [0.2, 0.25) is 12.1 Å². The van der Waals surface area contributed by atoms with Crippen molar-refractivity contribution in [2.75, 3.05) is 13.1 Å². The first-order chi connectivity index (χ1) is 5.79. The van der Waals surface area contributed by atoms with Crippen LogP contribution >= 0.6 is 0 Å². The van der Waals surface area contributed by atoms with E-state index in [2.05, 4.69) is 24.0 Å². The van der Waals surface area contributed by atoms with Crippen molar-refractivity contribution in [3.8, 4) is 12.0 Å². The summed E-state index contributed by atoms with van der Waals surface area (Å²) in [6.07, 6.45) is 8.43. The van der Waals surface area contributed by atoms with Gasteiger partial charge in [-0.15, -0.1) is 12.0 Å². The van der Waals surface area contributed by atoms with Crippen LogP contribution in [0.1, 0.15) is 26.7 Å². The molecule has 0 N–H and O–H groups in total. The predicted octanol–water partition coefficient (Wildman–Crippen LogP) is 2.24. The highest BCUT2D eigenvalue weighted by Crippen LogP contribution is 2.31. The van der Waals surface area contributed by atoms with Crippen LogP contribution in [0.3, 0.4) is 0 Å². The van der Waals surface area contributed by atoms with Crippen LogP contribution < -0.4 is 0 Å². The molecule has 1 aliphatic heterocycles. The summed E-state index contributed by atoms with van der Waals surface area (Å²) in [5.74, 6) is 0. The van der Waals surface area contributed by atoms with Gasteiger partial charge < -0.3 is 4.57 Å². The van der Waals surface area contributed by atoms with Crippen LogP contribution in [0.4, 0.5) is 0 Å². The Labute approximate surface area is 77.2 Å². The van der Waals surface area contributed by atoms with Crippen molar-refractivity contribution in [1.82, 2.24) is 4.57 Å². The zero-order chi connectivity index (χ0) is 9.03. The molecule has 0 saturated carbocycles. The summed E-state index contributed by atoms with van der Waals surface area (Å²) in [5.41, 5.74) is 3.14. The van der Waals surface area contributed by atoms with Gasteiger partial charge in [0.25, 0.3) is 0 Å². The second-order valence-corrected chi connectivity index (χ2v) is 7.54. The summed E-state index contributed by atoms with van der Waals surface area (Å²) in [7, 11) is -1.37. The van der Waals surface area contributed by atoms with E-state index in [0.717, 1.165) is 13.1 Å². The van der Waals surface area contributed by atoms with Gasteiger partial charge in [0.05, 0.1) is 0 Å². The standard InChI is InChI=1S/C10H19NSi/c1-4-11(5-2)12(6-3)9-7-8-10-12/h3H,4-5,7-10H2,1-2H3. The monoisotopic (exact) mass is 181 g/mol. The molecule has 0 aromatic carbocycles. The molecule has 1 rings (SSSR count). The highest BCUT2D eigenvalue weighted by molar-refractivity contribution is 6.85. The van der Waals surface area contributed by atoms with Gasteiger partial charge in [0.2, 0.25) is 8.24 Å². The SMILES string of the molecule is C#C[Si]1(N(CC)CC)CCCC1. The Morgan fingerprint density at radius 3 is 2.08 bits per heavy atom. The van der Waals surface area contributed by atoms with E-state index in [9.17, 15) is 0 Å². The van der Waals surface area contributed by atoms with E-state index in [1.807, 2.05) is 0 Å². The minimum Gasteiger partial charge on any atom is -0.314 e. The lowest BCUT2D eigenvalue weighted by Gasteiger charge is -2.33. The fourth-order valence-corrected chi connectivity index (χ4v) is 6.57. The lowest BCUT2D eigenvalue weighted by atomic mass is 10.4. The van der Waals surface area contributed by atoms with Crippen LogP contribution in [0.25, 0.3) is 0 Å². The van der Waals surface area contributed by atoms with Gasteiger partial charge in [-0.25, -0.2) is 0 Å². The number of hydrogen-bond donors (Lipinski definition) is 0. The fraction of sp³-hybridized carbons (Fsp3) is 0.800. The maximum Gasteiger partial charge on any atom is 0.210 e. The van der Waals surface area contributed by atoms with Crippen molar-refractivity contribution in [3.63, 3.8) is 0 Å². The van der Waals surface area contributed by atoms with Gasteiger partial charge in [-0.1, -0.05) is 26.7 Å². The molecule has 0 spiro atoms. The van der Waals surface area contributed by atoms with Gasteiger partial charge in [0, 0.05) is 0 Å². The molecular formula is C10H19NSi. The molecule has 12 heavy (non-hydrogen) atoms. The van der Waals surface area contributed by atoms with E-state index in [4.69, 9.17) is 6.42 Å². The van der Waals surface area contributed by atoms with Crippen molar-refractivity contribution in [1.29, 1.82) is 0 Å². The molecule has 1 saturated heterocycles. The zero-order valence-corrected chi connectivity index (χ0v) is 9.27. The Morgan fingerprint density at radius 2 is 1.75 bits per heavy atom. The van der Waals surface area contributed by atoms with Crippen molar-refractivity contribution < 1.29 is 0 Å².